The summed E-state index contributed by atoms with van der Waals surface area (Å²) in [7, 11) is -3.93. The van der Waals surface area contributed by atoms with E-state index in [9.17, 15) is 21.6 Å². The molecule has 2 aromatic carbocycles. The van der Waals surface area contributed by atoms with Crippen molar-refractivity contribution in [2.24, 2.45) is 5.14 Å². The number of nitrogens with two attached hydrogens (primary N) is 1. The summed E-state index contributed by atoms with van der Waals surface area (Å²) in [4.78, 5) is 3.49. The van der Waals surface area contributed by atoms with Gasteiger partial charge in [0, 0.05) is 27.5 Å². The van der Waals surface area contributed by atoms with E-state index >= 15 is 0 Å². The molecule has 0 aliphatic carbocycles. The fraction of sp³-hybridized carbons (Fsp3) is 0.0625. The fourth-order valence-corrected chi connectivity index (χ4v) is 3.44. The van der Waals surface area contributed by atoms with Gasteiger partial charge in [-0.15, -0.1) is 0 Å². The Balaban J connectivity index is 2.21. The van der Waals surface area contributed by atoms with E-state index in [2.05, 4.69) is 4.98 Å². The van der Waals surface area contributed by atoms with Gasteiger partial charge in [-0.25, -0.2) is 18.5 Å². The molecule has 0 radical (unpaired) electrons. The quantitative estimate of drug-likeness (QED) is 0.656. The van der Waals surface area contributed by atoms with Crippen LogP contribution in [-0.2, 0) is 16.2 Å². The summed E-state index contributed by atoms with van der Waals surface area (Å²) in [6, 6.07) is 9.29. The molecule has 0 bridgehead atoms. The highest BCUT2D eigenvalue weighted by Crippen LogP contribution is 2.34. The number of alkyl halides is 3. The third kappa shape index (κ3) is 4.27. The highest BCUT2D eigenvalue weighted by atomic mass is 35.5. The summed E-state index contributed by atoms with van der Waals surface area (Å²) in [5.41, 5.74) is -0.612. The maximum absolute atomic E-state index is 13.2. The number of primary sulfonamides is 1. The Bertz CT molecular complexity index is 1090. The first-order chi connectivity index (χ1) is 12.4. The van der Waals surface area contributed by atoms with E-state index in [0.29, 0.717) is 0 Å². The molecule has 0 saturated carbocycles. The Morgan fingerprint density at radius 2 is 1.56 bits per heavy atom. The number of benzene rings is 2. The van der Waals surface area contributed by atoms with Gasteiger partial charge >= 0.3 is 6.18 Å². The zero-order valence-corrected chi connectivity index (χ0v) is 15.5. The highest BCUT2D eigenvalue weighted by Gasteiger charge is 2.35. The van der Waals surface area contributed by atoms with Crippen LogP contribution in [0.3, 0.4) is 0 Å². The molecule has 142 valence electrons. The molecule has 0 spiro atoms. The minimum Gasteiger partial charge on any atom is -0.299 e. The molecule has 0 fully saturated rings. The first-order valence-electron chi connectivity index (χ1n) is 7.21. The molecule has 0 atom stereocenters. The molecule has 3 aromatic rings. The number of hydrogen-bond acceptors (Lipinski definition) is 3. The second-order valence-corrected chi connectivity index (χ2v) is 7.95. The fourth-order valence-electron chi connectivity index (χ4n) is 2.40. The van der Waals surface area contributed by atoms with Gasteiger partial charge in [0.1, 0.15) is 5.82 Å². The van der Waals surface area contributed by atoms with Crippen molar-refractivity contribution >= 4 is 33.2 Å². The van der Waals surface area contributed by atoms with E-state index in [0.717, 1.165) is 10.8 Å². The van der Waals surface area contributed by atoms with Gasteiger partial charge in [-0.3, -0.25) is 4.57 Å². The maximum Gasteiger partial charge on any atom is 0.434 e. The van der Waals surface area contributed by atoms with Crippen molar-refractivity contribution in [3.8, 4) is 17.1 Å². The van der Waals surface area contributed by atoms with Gasteiger partial charge < -0.3 is 0 Å². The Labute approximate surface area is 162 Å². The van der Waals surface area contributed by atoms with Crippen LogP contribution < -0.4 is 5.14 Å². The zero-order valence-electron chi connectivity index (χ0n) is 13.2. The number of nitrogens with zero attached hydrogens (tertiary/aromatic N) is 2. The molecule has 11 heteroatoms. The summed E-state index contributed by atoms with van der Waals surface area (Å²) >= 11 is 11.9. The molecule has 0 aliphatic heterocycles. The molecule has 3 rings (SSSR count). The minimum absolute atomic E-state index is 0.0601. The Morgan fingerprint density at radius 1 is 1.00 bits per heavy atom. The van der Waals surface area contributed by atoms with E-state index in [1.807, 2.05) is 0 Å². The topological polar surface area (TPSA) is 78.0 Å². The van der Waals surface area contributed by atoms with E-state index in [1.165, 1.54) is 42.5 Å². The number of rotatable bonds is 3. The molecule has 0 amide bonds. The van der Waals surface area contributed by atoms with Gasteiger partial charge in [-0.05, 0) is 42.5 Å². The van der Waals surface area contributed by atoms with E-state index in [-0.39, 0.29) is 32.0 Å². The normalized spacial score (nSPS) is 12.4. The lowest BCUT2D eigenvalue weighted by atomic mass is 10.2. The van der Waals surface area contributed by atoms with Crippen molar-refractivity contribution < 1.29 is 21.6 Å². The van der Waals surface area contributed by atoms with Crippen molar-refractivity contribution in [3.63, 3.8) is 0 Å². The van der Waals surface area contributed by atoms with Crippen LogP contribution in [0, 0.1) is 0 Å². The lowest BCUT2D eigenvalue weighted by molar-refractivity contribution is -0.140. The number of hydrogen-bond donors (Lipinski definition) is 1. The monoisotopic (exact) mass is 435 g/mol. The molecule has 2 N–H and O–H groups in total. The third-order valence-corrected chi connectivity index (χ3v) is 4.93. The number of aromatic nitrogens is 2. The van der Waals surface area contributed by atoms with Gasteiger partial charge in [0.25, 0.3) is 0 Å². The smallest absolute Gasteiger partial charge is 0.299 e. The molecule has 1 heterocycles. The van der Waals surface area contributed by atoms with Crippen molar-refractivity contribution in [2.45, 2.75) is 11.1 Å². The third-order valence-electron chi connectivity index (χ3n) is 3.56. The molecule has 5 nitrogen and oxygen atoms in total. The Morgan fingerprint density at radius 3 is 2.04 bits per heavy atom. The molecule has 0 saturated heterocycles. The lowest BCUT2D eigenvalue weighted by Gasteiger charge is -2.09. The summed E-state index contributed by atoms with van der Waals surface area (Å²) in [6.07, 6.45) is -3.88. The highest BCUT2D eigenvalue weighted by molar-refractivity contribution is 7.89. The van der Waals surface area contributed by atoms with Crippen molar-refractivity contribution in [1.29, 1.82) is 0 Å². The van der Waals surface area contributed by atoms with Gasteiger partial charge in [-0.2, -0.15) is 13.2 Å². The average Bonchev–Trinajstić information content (AvgIpc) is 2.99. The Hall–Kier alpha value is -2.07. The minimum atomic E-state index is -4.68. The number of sulfonamides is 1. The first kappa shape index (κ1) is 19.7. The van der Waals surface area contributed by atoms with Crippen molar-refractivity contribution in [1.82, 2.24) is 9.55 Å². The molecular weight excluding hydrogens is 426 g/mol. The zero-order chi connectivity index (χ0) is 20.0. The predicted octanol–water partition coefficient (Wildman–Crippen LogP) is 4.51. The van der Waals surface area contributed by atoms with Crippen LogP contribution in [0.15, 0.2) is 53.6 Å². The summed E-state index contributed by atoms with van der Waals surface area (Å²) in [5.74, 6) is -0.0601. The summed E-state index contributed by atoms with van der Waals surface area (Å²) < 4.78 is 63.4. The molecule has 1 aromatic heterocycles. The molecule has 27 heavy (non-hydrogen) atoms. The van der Waals surface area contributed by atoms with Gasteiger partial charge in [0.2, 0.25) is 10.0 Å². The van der Waals surface area contributed by atoms with Crippen LogP contribution in [0.1, 0.15) is 5.69 Å². The number of imidazole rings is 1. The van der Waals surface area contributed by atoms with Crippen LogP contribution in [0.2, 0.25) is 10.0 Å². The van der Waals surface area contributed by atoms with Crippen molar-refractivity contribution in [3.05, 3.63) is 64.4 Å². The van der Waals surface area contributed by atoms with Crippen molar-refractivity contribution in [2.75, 3.05) is 0 Å². The van der Waals surface area contributed by atoms with Gasteiger partial charge in [-0.1, -0.05) is 23.2 Å². The van der Waals surface area contributed by atoms with E-state index in [4.69, 9.17) is 28.3 Å². The predicted molar refractivity (Wildman–Crippen MR) is 95.4 cm³/mol. The van der Waals surface area contributed by atoms with Crippen LogP contribution in [0.5, 0.6) is 0 Å². The molecular formula is C16H10Cl2F3N3O2S. The SMILES string of the molecule is NS(=O)(=O)c1ccc(-n2cc(C(F)(F)F)nc2-c2cc(Cl)cc(Cl)c2)cc1. The van der Waals surface area contributed by atoms with Gasteiger partial charge in [0.05, 0.1) is 4.90 Å². The van der Waals surface area contributed by atoms with E-state index in [1.54, 1.807) is 0 Å². The summed E-state index contributed by atoms with van der Waals surface area (Å²) in [5, 5.41) is 5.49. The average molecular weight is 436 g/mol. The van der Waals surface area contributed by atoms with Gasteiger partial charge in [0.15, 0.2) is 5.69 Å². The first-order valence-corrected chi connectivity index (χ1v) is 9.52. The maximum atomic E-state index is 13.2. The lowest BCUT2D eigenvalue weighted by Crippen LogP contribution is -2.12. The van der Waals surface area contributed by atoms with Crippen LogP contribution in [-0.4, -0.2) is 18.0 Å². The van der Waals surface area contributed by atoms with Crippen LogP contribution in [0.25, 0.3) is 17.1 Å². The second-order valence-electron chi connectivity index (χ2n) is 5.51. The Kier molecular flexibility index (Phi) is 4.98. The second kappa shape index (κ2) is 6.83. The standard InChI is InChI=1S/C16H10Cl2F3N3O2S/c17-10-5-9(6-11(18)7-10)15-23-14(16(19,20)21)8-24(15)12-1-3-13(4-2-12)27(22,25)26/h1-8H,(H2,22,25,26). The van der Waals surface area contributed by atoms with Crippen LogP contribution >= 0.6 is 23.2 Å². The number of halogens is 5. The molecule has 0 unspecified atom stereocenters. The molecule has 0 aliphatic rings. The summed E-state index contributed by atoms with van der Waals surface area (Å²) in [6.45, 7) is 0. The van der Waals surface area contributed by atoms with E-state index < -0.39 is 21.9 Å². The largest absolute Gasteiger partial charge is 0.434 e. The van der Waals surface area contributed by atoms with Crippen LogP contribution in [0.4, 0.5) is 13.2 Å².